The van der Waals surface area contributed by atoms with Crippen LogP contribution in [0.15, 0.2) is 22.8 Å². The van der Waals surface area contributed by atoms with E-state index < -0.39 is 36.4 Å². The fourth-order valence-electron chi connectivity index (χ4n) is 3.19. The van der Waals surface area contributed by atoms with Gasteiger partial charge in [0.05, 0.1) is 25.5 Å². The summed E-state index contributed by atoms with van der Waals surface area (Å²) in [6.45, 7) is 7.16. The summed E-state index contributed by atoms with van der Waals surface area (Å²) in [5, 5.41) is 21.4. The van der Waals surface area contributed by atoms with Crippen LogP contribution in [0.4, 0.5) is 39.5 Å². The summed E-state index contributed by atoms with van der Waals surface area (Å²) in [5.41, 5.74) is 0. The minimum Gasteiger partial charge on any atom is -0.475 e. The second-order valence-electron chi connectivity index (χ2n) is 8.50. The maximum atomic E-state index is 10.6. The number of carboxylic acids is 3. The number of carboxylic acid groups (broad SMARTS) is 3. The number of nitrogens with zero attached hydrogens (tertiary/aromatic N) is 3. The van der Waals surface area contributed by atoms with Crippen molar-refractivity contribution in [3.63, 3.8) is 0 Å². The van der Waals surface area contributed by atoms with Crippen molar-refractivity contribution >= 4 is 17.9 Å². The summed E-state index contributed by atoms with van der Waals surface area (Å²) in [7, 11) is 4.27. The van der Waals surface area contributed by atoms with Gasteiger partial charge in [-0.15, -0.1) is 0 Å². The normalized spacial score (nSPS) is 19.5. The first-order valence-corrected chi connectivity index (χ1v) is 11.2. The summed E-state index contributed by atoms with van der Waals surface area (Å²) < 4.78 is 107. The number of fused-ring (bicyclic) bond motifs is 1. The lowest BCUT2D eigenvalue weighted by molar-refractivity contribution is -0.193. The molecule has 1 aromatic heterocycles. The second kappa shape index (κ2) is 16.4. The minimum absolute atomic E-state index is 0.362. The average Bonchev–Trinajstić information content (AvgIpc) is 3.46. The fraction of sp³-hybridized carbons (Fsp3) is 0.667. The molecule has 0 aromatic carbocycles. The topological polar surface area (TPSA) is 144 Å². The standard InChI is InChI=1S/C15H25N3O2.3C2HF3O2/c1-16(2)5-6-18-7-9-20-15-12-17(11-14(15)18)10-13-4-3-8-19-13;3*3-2(4,5)1(6)7/h3-4,8,14-15H,5-7,9-12H2,1-2H3;3*(H,6,7)/t14-,15+;;;/m1.../s1. The molecule has 2 aliphatic heterocycles. The number of halogens is 9. The zero-order valence-corrected chi connectivity index (χ0v) is 21.5. The first-order chi connectivity index (χ1) is 18.6. The Balaban J connectivity index is 0.000000631. The molecule has 0 radical (unpaired) electrons. The van der Waals surface area contributed by atoms with E-state index in [0.717, 1.165) is 51.6 Å². The molecule has 238 valence electrons. The summed E-state index contributed by atoms with van der Waals surface area (Å²) in [6, 6.07) is 4.55. The summed E-state index contributed by atoms with van der Waals surface area (Å²) >= 11 is 0. The zero-order chi connectivity index (χ0) is 32.2. The van der Waals surface area contributed by atoms with Gasteiger partial charge in [-0.05, 0) is 26.2 Å². The third-order valence-corrected chi connectivity index (χ3v) is 5.01. The average molecular weight is 621 g/mol. The van der Waals surface area contributed by atoms with Crippen molar-refractivity contribution in [3.05, 3.63) is 24.2 Å². The van der Waals surface area contributed by atoms with Gasteiger partial charge in [0, 0.05) is 38.8 Å². The van der Waals surface area contributed by atoms with Gasteiger partial charge in [-0.25, -0.2) is 14.4 Å². The molecule has 3 N–H and O–H groups in total. The van der Waals surface area contributed by atoms with Crippen molar-refractivity contribution in [2.24, 2.45) is 0 Å². The van der Waals surface area contributed by atoms with Gasteiger partial charge in [-0.2, -0.15) is 39.5 Å². The van der Waals surface area contributed by atoms with E-state index in [-0.39, 0.29) is 0 Å². The molecule has 2 atom stereocenters. The van der Waals surface area contributed by atoms with Gasteiger partial charge in [-0.1, -0.05) is 0 Å². The van der Waals surface area contributed by atoms with E-state index in [4.69, 9.17) is 38.9 Å². The number of carbonyl (C=O) groups is 3. The van der Waals surface area contributed by atoms with Gasteiger partial charge >= 0.3 is 36.4 Å². The molecule has 0 unspecified atom stereocenters. The first kappa shape index (κ1) is 37.9. The van der Waals surface area contributed by atoms with Crippen LogP contribution in [0.25, 0.3) is 0 Å². The molecule has 1 aromatic rings. The van der Waals surface area contributed by atoms with Crippen molar-refractivity contribution in [3.8, 4) is 0 Å². The summed E-state index contributed by atoms with van der Waals surface area (Å²) in [6.07, 6.45) is -13.1. The van der Waals surface area contributed by atoms with E-state index in [1.165, 1.54) is 0 Å². The number of likely N-dealkylation sites (tertiary alicyclic amines) is 1. The van der Waals surface area contributed by atoms with Crippen LogP contribution in [0, 0.1) is 0 Å². The third-order valence-electron chi connectivity index (χ3n) is 5.01. The Bertz CT molecular complexity index is 881. The van der Waals surface area contributed by atoms with Gasteiger partial charge in [0.2, 0.25) is 0 Å². The lowest BCUT2D eigenvalue weighted by Crippen LogP contribution is -2.52. The van der Waals surface area contributed by atoms with Crippen LogP contribution in [0.5, 0.6) is 0 Å². The van der Waals surface area contributed by atoms with Crippen LogP contribution < -0.4 is 0 Å². The van der Waals surface area contributed by atoms with E-state index in [1.807, 2.05) is 12.1 Å². The highest BCUT2D eigenvalue weighted by Gasteiger charge is 2.41. The van der Waals surface area contributed by atoms with E-state index in [0.29, 0.717) is 12.1 Å². The molecule has 0 saturated carbocycles. The highest BCUT2D eigenvalue weighted by atomic mass is 19.4. The molecule has 2 fully saturated rings. The smallest absolute Gasteiger partial charge is 0.475 e. The number of alkyl halides is 9. The van der Waals surface area contributed by atoms with Crippen molar-refractivity contribution in [1.29, 1.82) is 0 Å². The van der Waals surface area contributed by atoms with Gasteiger partial charge in [0.1, 0.15) is 5.76 Å². The first-order valence-electron chi connectivity index (χ1n) is 11.2. The highest BCUT2D eigenvalue weighted by molar-refractivity contribution is 5.73. The fourth-order valence-corrected chi connectivity index (χ4v) is 3.19. The molecule has 20 heteroatoms. The Labute approximate surface area is 226 Å². The monoisotopic (exact) mass is 621 g/mol. The molecule has 0 spiro atoms. The van der Waals surface area contributed by atoms with Gasteiger partial charge in [0.15, 0.2) is 0 Å². The second-order valence-corrected chi connectivity index (χ2v) is 8.50. The van der Waals surface area contributed by atoms with Crippen LogP contribution in [0.1, 0.15) is 5.76 Å². The molecule has 0 bridgehead atoms. The molecule has 0 aliphatic carbocycles. The van der Waals surface area contributed by atoms with Crippen LogP contribution in [-0.4, -0.2) is 132 Å². The van der Waals surface area contributed by atoms with E-state index in [2.05, 4.69) is 28.8 Å². The number of morpholine rings is 1. The Morgan fingerprint density at radius 1 is 0.902 bits per heavy atom. The molecule has 3 heterocycles. The van der Waals surface area contributed by atoms with Crippen molar-refractivity contribution < 1.29 is 78.4 Å². The number of aliphatic carboxylic acids is 3. The predicted octanol–water partition coefficient (Wildman–Crippen LogP) is 2.63. The molecule has 11 nitrogen and oxygen atoms in total. The number of furan rings is 1. The SMILES string of the molecule is CN(C)CCN1CCO[C@H]2CN(Cc3ccco3)C[C@H]21.O=C(O)C(F)(F)F.O=C(O)C(F)(F)F.O=C(O)C(F)(F)F. The van der Waals surface area contributed by atoms with Crippen LogP contribution in [0.2, 0.25) is 0 Å². The number of likely N-dealkylation sites (N-methyl/N-ethyl adjacent to an activating group) is 1. The van der Waals surface area contributed by atoms with Crippen molar-refractivity contribution in [2.75, 3.05) is 53.4 Å². The van der Waals surface area contributed by atoms with Gasteiger partial charge < -0.3 is 29.4 Å². The predicted molar refractivity (Wildman–Crippen MR) is 119 cm³/mol. The Morgan fingerprint density at radius 3 is 1.73 bits per heavy atom. The largest absolute Gasteiger partial charge is 0.490 e. The van der Waals surface area contributed by atoms with E-state index in [9.17, 15) is 39.5 Å². The molecular weight excluding hydrogens is 593 g/mol. The Kier molecular flexibility index (Phi) is 15.1. The number of rotatable bonds is 5. The van der Waals surface area contributed by atoms with E-state index in [1.54, 1.807) is 6.26 Å². The quantitative estimate of drug-likeness (QED) is 0.418. The van der Waals surface area contributed by atoms with Crippen molar-refractivity contribution in [1.82, 2.24) is 14.7 Å². The lowest BCUT2D eigenvalue weighted by Gasteiger charge is -2.37. The number of hydrogen-bond donors (Lipinski definition) is 3. The van der Waals surface area contributed by atoms with Crippen LogP contribution in [-0.2, 0) is 25.7 Å². The zero-order valence-electron chi connectivity index (χ0n) is 21.5. The van der Waals surface area contributed by atoms with Crippen LogP contribution >= 0.6 is 0 Å². The molecule has 0 amide bonds. The summed E-state index contributed by atoms with van der Waals surface area (Å²) in [4.78, 5) is 34.0. The highest BCUT2D eigenvalue weighted by Crippen LogP contribution is 2.24. The van der Waals surface area contributed by atoms with E-state index >= 15 is 0 Å². The molecule has 2 aliphatic rings. The minimum atomic E-state index is -5.08. The summed E-state index contributed by atoms with van der Waals surface area (Å²) in [5.74, 6) is -7.23. The molecular formula is C21H28F9N3O8. The number of ether oxygens (including phenoxy) is 1. The Morgan fingerprint density at radius 2 is 1.37 bits per heavy atom. The third kappa shape index (κ3) is 16.1. The molecule has 41 heavy (non-hydrogen) atoms. The molecule has 3 rings (SSSR count). The van der Waals surface area contributed by atoms with Gasteiger partial charge in [-0.3, -0.25) is 9.80 Å². The maximum absolute atomic E-state index is 10.6. The Hall–Kier alpha value is -3.10. The number of hydrogen-bond acceptors (Lipinski definition) is 8. The molecule has 2 saturated heterocycles. The lowest BCUT2D eigenvalue weighted by atomic mass is 10.1. The van der Waals surface area contributed by atoms with Crippen LogP contribution in [0.3, 0.4) is 0 Å². The van der Waals surface area contributed by atoms with Gasteiger partial charge in [0.25, 0.3) is 0 Å². The maximum Gasteiger partial charge on any atom is 0.490 e. The van der Waals surface area contributed by atoms with Crippen molar-refractivity contribution in [2.45, 2.75) is 37.2 Å².